The van der Waals surface area contributed by atoms with Crippen molar-refractivity contribution in [1.29, 1.82) is 0 Å². The van der Waals surface area contributed by atoms with Crippen molar-refractivity contribution in [3.63, 3.8) is 0 Å². The third-order valence-electron chi connectivity index (χ3n) is 2.67. The van der Waals surface area contributed by atoms with Crippen molar-refractivity contribution >= 4 is 38.9 Å². The molecule has 0 saturated heterocycles. The highest BCUT2D eigenvalue weighted by Crippen LogP contribution is 2.27. The van der Waals surface area contributed by atoms with Gasteiger partial charge in [0.2, 0.25) is 0 Å². The van der Waals surface area contributed by atoms with Crippen LogP contribution < -0.4 is 16.8 Å². The minimum atomic E-state index is 0.338. The fourth-order valence-electron chi connectivity index (χ4n) is 1.72. The SMILES string of the molecule is Cc1cc(Nc2ccc(N)c(N)n2)cc(C)c1Br. The van der Waals surface area contributed by atoms with Crippen molar-refractivity contribution in [3.05, 3.63) is 39.9 Å². The number of nitrogens with two attached hydrogens (primary N) is 2. The van der Waals surface area contributed by atoms with E-state index in [0.29, 0.717) is 17.3 Å². The van der Waals surface area contributed by atoms with E-state index in [0.717, 1.165) is 10.2 Å². The number of halogens is 1. The molecular formula is C13H15BrN4. The monoisotopic (exact) mass is 306 g/mol. The summed E-state index contributed by atoms with van der Waals surface area (Å²) in [7, 11) is 0. The van der Waals surface area contributed by atoms with Crippen molar-refractivity contribution in [2.45, 2.75) is 13.8 Å². The molecule has 4 nitrogen and oxygen atoms in total. The summed E-state index contributed by atoms with van der Waals surface area (Å²) < 4.78 is 1.12. The second-order valence-corrected chi connectivity index (χ2v) is 5.01. The average Bonchev–Trinajstić information content (AvgIpc) is 2.31. The molecule has 5 heteroatoms. The van der Waals surface area contributed by atoms with Gasteiger partial charge in [-0.2, -0.15) is 0 Å². The highest BCUT2D eigenvalue weighted by atomic mass is 79.9. The molecule has 0 spiro atoms. The number of nitrogens with one attached hydrogen (secondary N) is 1. The Bertz CT molecular complexity index is 573. The van der Waals surface area contributed by atoms with E-state index in [4.69, 9.17) is 11.5 Å². The molecule has 0 radical (unpaired) electrons. The number of aromatic nitrogens is 1. The number of rotatable bonds is 2. The summed E-state index contributed by atoms with van der Waals surface area (Å²) in [5.74, 6) is 1.02. The minimum Gasteiger partial charge on any atom is -0.396 e. The van der Waals surface area contributed by atoms with Crippen LogP contribution in [-0.2, 0) is 0 Å². The van der Waals surface area contributed by atoms with Crippen LogP contribution in [0.5, 0.6) is 0 Å². The van der Waals surface area contributed by atoms with E-state index in [2.05, 4.69) is 26.2 Å². The van der Waals surface area contributed by atoms with Gasteiger partial charge in [-0.05, 0) is 49.2 Å². The lowest BCUT2D eigenvalue weighted by Crippen LogP contribution is -2.01. The molecule has 94 valence electrons. The highest BCUT2D eigenvalue weighted by molar-refractivity contribution is 9.10. The number of nitrogen functional groups attached to an aromatic ring is 2. The van der Waals surface area contributed by atoms with E-state index in [1.807, 2.05) is 26.0 Å². The standard InChI is InChI=1S/C13H15BrN4/c1-7-5-9(6-8(2)12(7)14)17-11-4-3-10(15)13(16)18-11/h3-6H,15H2,1-2H3,(H3,16,17,18). The second kappa shape index (κ2) is 4.86. The van der Waals surface area contributed by atoms with E-state index >= 15 is 0 Å². The van der Waals surface area contributed by atoms with Gasteiger partial charge in [-0.25, -0.2) is 4.98 Å². The molecule has 0 fully saturated rings. The van der Waals surface area contributed by atoms with Gasteiger partial charge in [0.25, 0.3) is 0 Å². The van der Waals surface area contributed by atoms with Crippen molar-refractivity contribution in [1.82, 2.24) is 4.98 Å². The zero-order valence-corrected chi connectivity index (χ0v) is 11.9. The smallest absolute Gasteiger partial charge is 0.149 e. The zero-order valence-electron chi connectivity index (χ0n) is 10.3. The molecule has 2 rings (SSSR count). The van der Waals surface area contributed by atoms with Gasteiger partial charge in [0.15, 0.2) is 0 Å². The Morgan fingerprint density at radius 2 is 1.72 bits per heavy atom. The van der Waals surface area contributed by atoms with Gasteiger partial charge in [0.1, 0.15) is 11.6 Å². The zero-order chi connectivity index (χ0) is 13.3. The highest BCUT2D eigenvalue weighted by Gasteiger charge is 2.04. The summed E-state index contributed by atoms with van der Waals surface area (Å²) in [5, 5.41) is 3.21. The summed E-state index contributed by atoms with van der Waals surface area (Å²) in [4.78, 5) is 4.18. The molecule has 5 N–H and O–H groups in total. The Kier molecular flexibility index (Phi) is 3.43. The van der Waals surface area contributed by atoms with Crippen LogP contribution in [-0.4, -0.2) is 4.98 Å². The maximum atomic E-state index is 5.67. The summed E-state index contributed by atoms with van der Waals surface area (Å²) in [6.07, 6.45) is 0. The molecule has 1 aromatic heterocycles. The van der Waals surface area contributed by atoms with Crippen LogP contribution in [0.15, 0.2) is 28.7 Å². The summed E-state index contributed by atoms with van der Waals surface area (Å²) in [5.41, 5.74) is 15.1. The van der Waals surface area contributed by atoms with E-state index in [9.17, 15) is 0 Å². The van der Waals surface area contributed by atoms with Crippen LogP contribution in [0.3, 0.4) is 0 Å². The van der Waals surface area contributed by atoms with Crippen molar-refractivity contribution < 1.29 is 0 Å². The number of hydrogen-bond donors (Lipinski definition) is 3. The molecule has 1 heterocycles. The Morgan fingerprint density at radius 1 is 1.11 bits per heavy atom. The summed E-state index contributed by atoms with van der Waals surface area (Å²) >= 11 is 3.54. The van der Waals surface area contributed by atoms with Crippen LogP contribution in [0.25, 0.3) is 0 Å². The number of benzene rings is 1. The van der Waals surface area contributed by atoms with Crippen LogP contribution in [0, 0.1) is 13.8 Å². The molecule has 0 amide bonds. The molecule has 0 atom stereocenters. The third-order valence-corrected chi connectivity index (χ3v) is 3.92. The van der Waals surface area contributed by atoms with Gasteiger partial charge in [0, 0.05) is 10.2 Å². The Labute approximate surface area is 115 Å². The number of aryl methyl sites for hydroxylation is 2. The Hall–Kier alpha value is -1.75. The first-order chi connectivity index (χ1) is 8.47. The number of anilines is 4. The molecule has 2 aromatic rings. The third kappa shape index (κ3) is 2.56. The lowest BCUT2D eigenvalue weighted by Gasteiger charge is -2.11. The molecule has 18 heavy (non-hydrogen) atoms. The summed E-state index contributed by atoms with van der Waals surface area (Å²) in [6.45, 7) is 4.10. The molecule has 0 saturated carbocycles. The predicted molar refractivity (Wildman–Crippen MR) is 80.0 cm³/mol. The maximum absolute atomic E-state index is 5.67. The van der Waals surface area contributed by atoms with E-state index < -0.39 is 0 Å². The molecule has 0 unspecified atom stereocenters. The van der Waals surface area contributed by atoms with Gasteiger partial charge in [-0.15, -0.1) is 0 Å². The Morgan fingerprint density at radius 3 is 2.28 bits per heavy atom. The number of hydrogen-bond acceptors (Lipinski definition) is 4. The van der Waals surface area contributed by atoms with Crippen LogP contribution in [0.2, 0.25) is 0 Å². The van der Waals surface area contributed by atoms with E-state index in [-0.39, 0.29) is 0 Å². The lowest BCUT2D eigenvalue weighted by atomic mass is 10.1. The molecule has 0 aliphatic rings. The van der Waals surface area contributed by atoms with Crippen molar-refractivity contribution in [2.75, 3.05) is 16.8 Å². The minimum absolute atomic E-state index is 0.338. The topological polar surface area (TPSA) is 77.0 Å². The van der Waals surface area contributed by atoms with Crippen molar-refractivity contribution in [2.24, 2.45) is 0 Å². The van der Waals surface area contributed by atoms with E-state index in [1.165, 1.54) is 11.1 Å². The fourth-order valence-corrected chi connectivity index (χ4v) is 1.95. The largest absolute Gasteiger partial charge is 0.396 e. The molecule has 1 aromatic carbocycles. The second-order valence-electron chi connectivity index (χ2n) is 4.22. The number of nitrogens with zero attached hydrogens (tertiary/aromatic N) is 1. The van der Waals surface area contributed by atoms with Gasteiger partial charge in [-0.1, -0.05) is 15.9 Å². The van der Waals surface area contributed by atoms with Crippen LogP contribution >= 0.6 is 15.9 Å². The molecular weight excluding hydrogens is 292 g/mol. The Balaban J connectivity index is 2.31. The number of pyridine rings is 1. The molecule has 0 bridgehead atoms. The van der Waals surface area contributed by atoms with Crippen LogP contribution in [0.1, 0.15) is 11.1 Å². The molecule has 0 aliphatic carbocycles. The van der Waals surface area contributed by atoms with E-state index in [1.54, 1.807) is 12.1 Å². The fraction of sp³-hybridized carbons (Fsp3) is 0.154. The average molecular weight is 307 g/mol. The van der Waals surface area contributed by atoms with Gasteiger partial charge >= 0.3 is 0 Å². The summed E-state index contributed by atoms with van der Waals surface area (Å²) in [6, 6.07) is 7.64. The van der Waals surface area contributed by atoms with Gasteiger partial charge < -0.3 is 16.8 Å². The van der Waals surface area contributed by atoms with Crippen molar-refractivity contribution in [3.8, 4) is 0 Å². The van der Waals surface area contributed by atoms with Crippen LogP contribution in [0.4, 0.5) is 23.0 Å². The molecule has 0 aliphatic heterocycles. The maximum Gasteiger partial charge on any atom is 0.149 e. The lowest BCUT2D eigenvalue weighted by molar-refractivity contribution is 1.29. The normalized spacial score (nSPS) is 10.4. The first-order valence-electron chi connectivity index (χ1n) is 5.53. The van der Waals surface area contributed by atoms with Gasteiger partial charge in [0.05, 0.1) is 5.69 Å². The predicted octanol–water partition coefficient (Wildman–Crippen LogP) is 3.37. The quantitative estimate of drug-likeness (QED) is 0.795. The first-order valence-corrected chi connectivity index (χ1v) is 6.32. The van der Waals surface area contributed by atoms with Gasteiger partial charge in [-0.3, -0.25) is 0 Å². The first kappa shape index (κ1) is 12.7.